The zero-order valence-electron chi connectivity index (χ0n) is 18.9. The van der Waals surface area contributed by atoms with E-state index < -0.39 is 37.0 Å². The van der Waals surface area contributed by atoms with Gasteiger partial charge in [0, 0.05) is 28.9 Å². The molecule has 1 aromatic heterocycles. The van der Waals surface area contributed by atoms with E-state index in [2.05, 4.69) is 15.3 Å². The highest BCUT2D eigenvalue weighted by atomic mass is 19.3. The van der Waals surface area contributed by atoms with Crippen molar-refractivity contribution < 1.29 is 32.6 Å². The number of alkyl halides is 2. The second-order valence-electron chi connectivity index (χ2n) is 6.99. The lowest BCUT2D eigenvalue weighted by Gasteiger charge is -2.26. The van der Waals surface area contributed by atoms with Crippen LogP contribution in [0.15, 0.2) is 24.4 Å². The molecule has 5 N–H and O–H groups in total. The van der Waals surface area contributed by atoms with E-state index in [1.165, 1.54) is 0 Å². The number of benzene rings is 1. The summed E-state index contributed by atoms with van der Waals surface area (Å²) >= 11 is 0. The number of anilines is 1. The molecule has 0 spiro atoms. The van der Waals surface area contributed by atoms with Crippen molar-refractivity contribution in [1.29, 1.82) is 0 Å². The first-order chi connectivity index (χ1) is 15.5. The Hall–Kier alpha value is -2.69. The summed E-state index contributed by atoms with van der Waals surface area (Å²) in [7, 11) is 0. The van der Waals surface area contributed by atoms with Gasteiger partial charge >= 0.3 is 0 Å². The largest absolute Gasteiger partial charge is 0.393 e. The number of ether oxygens (including phenoxy) is 1. The third-order valence-corrected chi connectivity index (χ3v) is 4.97. The Bertz CT molecular complexity index is 1020. The highest BCUT2D eigenvalue weighted by molar-refractivity contribution is 5.97. The van der Waals surface area contributed by atoms with Crippen LogP contribution in [0.5, 0.6) is 0 Å². The van der Waals surface area contributed by atoms with Crippen LogP contribution in [0.25, 0.3) is 11.3 Å². The lowest BCUT2D eigenvalue weighted by atomic mass is 9.91. The maximum absolute atomic E-state index is 13.5. The third-order valence-electron chi connectivity index (χ3n) is 4.97. The van der Waals surface area contributed by atoms with Gasteiger partial charge in [0.1, 0.15) is 0 Å². The van der Waals surface area contributed by atoms with E-state index in [0.717, 1.165) is 24.4 Å². The Morgan fingerprint density at radius 3 is 2.83 bits per heavy atom. The molecule has 1 atom stereocenters. The standard InChI is InChI=1S/C20H24F2N4O4/c1-11-2-3-12(20(29,10-27)19(21)22)8-14(11)15-9-24-17(23)16(26-15)18(28)25-13-4-6-30-7-5-13/h2-3,8-9,13,19,27,29H,4-7,10H2,1H3,(H2,23,24)(H,25,28)/i1D3. The van der Waals surface area contributed by atoms with Crippen LogP contribution >= 0.6 is 0 Å². The quantitative estimate of drug-likeness (QED) is 0.550. The van der Waals surface area contributed by atoms with E-state index in [1.807, 2.05) is 0 Å². The lowest BCUT2D eigenvalue weighted by molar-refractivity contribution is -0.129. The van der Waals surface area contributed by atoms with Gasteiger partial charge in [-0.25, -0.2) is 18.7 Å². The summed E-state index contributed by atoms with van der Waals surface area (Å²) < 4.78 is 55.5. The van der Waals surface area contributed by atoms with Crippen LogP contribution < -0.4 is 11.1 Å². The first-order valence-corrected chi connectivity index (χ1v) is 9.25. The number of halogens is 2. The predicted molar refractivity (Wildman–Crippen MR) is 105 cm³/mol. The van der Waals surface area contributed by atoms with Crippen LogP contribution in [0, 0.1) is 6.85 Å². The highest BCUT2D eigenvalue weighted by Gasteiger charge is 2.39. The van der Waals surface area contributed by atoms with E-state index in [1.54, 1.807) is 0 Å². The topological polar surface area (TPSA) is 131 Å². The summed E-state index contributed by atoms with van der Waals surface area (Å²) in [5.41, 5.74) is 1.66. The molecule has 1 fully saturated rings. The van der Waals surface area contributed by atoms with Crippen molar-refractivity contribution in [3.63, 3.8) is 0 Å². The third kappa shape index (κ3) is 4.40. The molecule has 1 aromatic carbocycles. The number of aryl methyl sites for hydroxylation is 1. The molecule has 1 aliphatic rings. The fraction of sp³-hybridized carbons (Fsp3) is 0.450. The van der Waals surface area contributed by atoms with Crippen molar-refractivity contribution in [3.8, 4) is 11.3 Å². The van der Waals surface area contributed by atoms with Crippen molar-refractivity contribution in [2.24, 2.45) is 0 Å². The first-order valence-electron chi connectivity index (χ1n) is 10.7. The number of hydrogen-bond donors (Lipinski definition) is 4. The zero-order chi connectivity index (χ0) is 24.4. The number of aliphatic hydroxyl groups excluding tert-OH is 1. The minimum absolute atomic E-state index is 0.121. The summed E-state index contributed by atoms with van der Waals surface area (Å²) in [6.07, 6.45) is -1.06. The van der Waals surface area contributed by atoms with Gasteiger partial charge in [0.15, 0.2) is 17.1 Å². The molecular weight excluding hydrogens is 398 g/mol. The molecule has 2 aromatic rings. The summed E-state index contributed by atoms with van der Waals surface area (Å²) in [5.74, 6) is -0.825. The number of rotatable bonds is 6. The molecular formula is C20H24F2N4O4. The van der Waals surface area contributed by atoms with Gasteiger partial charge in [0.05, 0.1) is 18.5 Å². The van der Waals surface area contributed by atoms with E-state index in [0.29, 0.717) is 26.1 Å². The smallest absolute Gasteiger partial charge is 0.273 e. The maximum atomic E-state index is 13.5. The highest BCUT2D eigenvalue weighted by Crippen LogP contribution is 2.32. The number of carbonyl (C=O) groups is 1. The van der Waals surface area contributed by atoms with Crippen LogP contribution in [0.3, 0.4) is 0 Å². The molecule has 0 saturated carbocycles. The normalized spacial score (nSPS) is 18.9. The Morgan fingerprint density at radius 2 is 2.20 bits per heavy atom. The number of hydrogen-bond acceptors (Lipinski definition) is 7. The molecule has 0 bridgehead atoms. The van der Waals surface area contributed by atoms with Gasteiger partial charge < -0.3 is 26.0 Å². The molecule has 2 heterocycles. The monoisotopic (exact) mass is 425 g/mol. The van der Waals surface area contributed by atoms with Crippen LogP contribution in [0.1, 0.15) is 38.6 Å². The minimum Gasteiger partial charge on any atom is -0.393 e. The summed E-state index contributed by atoms with van der Waals surface area (Å²) in [5, 5.41) is 22.4. The maximum Gasteiger partial charge on any atom is 0.273 e. The van der Waals surface area contributed by atoms with Gasteiger partial charge in [-0.1, -0.05) is 12.1 Å². The average Bonchev–Trinajstić information content (AvgIpc) is 2.78. The number of carbonyl (C=O) groups excluding carboxylic acids is 1. The number of aromatic nitrogens is 2. The molecule has 0 aliphatic carbocycles. The molecule has 162 valence electrons. The number of aliphatic hydroxyl groups is 2. The Kier molecular flexibility index (Phi) is 5.42. The van der Waals surface area contributed by atoms with Gasteiger partial charge in [0.25, 0.3) is 12.3 Å². The Morgan fingerprint density at radius 1 is 1.47 bits per heavy atom. The summed E-state index contributed by atoms with van der Waals surface area (Å²) in [6.45, 7) is -3.01. The van der Waals surface area contributed by atoms with Crippen molar-refractivity contribution >= 4 is 11.7 Å². The average molecular weight is 425 g/mol. The molecule has 1 aliphatic heterocycles. The van der Waals surface area contributed by atoms with Crippen LogP contribution in [0.4, 0.5) is 14.6 Å². The Balaban J connectivity index is 2.08. The van der Waals surface area contributed by atoms with Gasteiger partial charge in [-0.3, -0.25) is 4.79 Å². The molecule has 1 saturated heterocycles. The number of nitrogens with one attached hydrogen (secondary N) is 1. The van der Waals surface area contributed by atoms with E-state index in [9.17, 15) is 23.8 Å². The second kappa shape index (κ2) is 8.99. The number of nitrogens with zero attached hydrogens (tertiary/aromatic N) is 2. The lowest BCUT2D eigenvalue weighted by Crippen LogP contribution is -2.39. The molecule has 10 heteroatoms. The van der Waals surface area contributed by atoms with Gasteiger partial charge in [0.2, 0.25) is 0 Å². The van der Waals surface area contributed by atoms with Gasteiger partial charge in [-0.15, -0.1) is 0 Å². The number of nitrogen functional groups attached to an aromatic ring is 1. The van der Waals surface area contributed by atoms with Crippen LogP contribution in [-0.4, -0.2) is 58.4 Å². The fourth-order valence-electron chi connectivity index (χ4n) is 3.10. The summed E-state index contributed by atoms with van der Waals surface area (Å²) in [6, 6.07) is 2.87. The van der Waals surface area contributed by atoms with Crippen molar-refractivity contribution in [1.82, 2.24) is 15.3 Å². The molecule has 1 amide bonds. The number of amides is 1. The zero-order valence-corrected chi connectivity index (χ0v) is 15.9. The predicted octanol–water partition coefficient (Wildman–Crippen LogP) is 1.39. The molecule has 30 heavy (non-hydrogen) atoms. The second-order valence-corrected chi connectivity index (χ2v) is 6.99. The van der Waals surface area contributed by atoms with E-state index in [-0.39, 0.29) is 34.4 Å². The SMILES string of the molecule is [2H]C([2H])([2H])c1ccc(C(O)(CO)C(F)F)cc1-c1cnc(N)c(C(=O)NC2CCOCC2)n1. The molecule has 0 radical (unpaired) electrons. The first kappa shape index (κ1) is 18.1. The van der Waals surface area contributed by atoms with Gasteiger partial charge in [-0.05, 0) is 36.9 Å². The molecule has 1 unspecified atom stereocenters. The number of nitrogens with two attached hydrogens (primary N) is 1. The van der Waals surface area contributed by atoms with Crippen molar-refractivity contribution in [2.45, 2.75) is 37.8 Å². The minimum atomic E-state index is -3.35. The van der Waals surface area contributed by atoms with Gasteiger partial charge in [-0.2, -0.15) is 0 Å². The molecule has 8 nitrogen and oxygen atoms in total. The molecule has 3 rings (SSSR count). The summed E-state index contributed by atoms with van der Waals surface area (Å²) in [4.78, 5) is 20.8. The van der Waals surface area contributed by atoms with Crippen molar-refractivity contribution in [3.05, 3.63) is 41.2 Å². The van der Waals surface area contributed by atoms with Crippen molar-refractivity contribution in [2.75, 3.05) is 25.6 Å². The Labute approximate surface area is 176 Å². The van der Waals surface area contributed by atoms with Crippen LogP contribution in [0.2, 0.25) is 0 Å². The fourth-order valence-corrected chi connectivity index (χ4v) is 3.10. The van der Waals surface area contributed by atoms with E-state index in [4.69, 9.17) is 14.6 Å². The van der Waals surface area contributed by atoms with Crippen LogP contribution in [-0.2, 0) is 10.3 Å². The van der Waals surface area contributed by atoms with E-state index >= 15 is 0 Å².